The molecule has 1 fully saturated rings. The molecule has 1 saturated carbocycles. The number of rotatable bonds is 8. The topological polar surface area (TPSA) is 48.9 Å². The van der Waals surface area contributed by atoms with Crippen molar-refractivity contribution in [3.05, 3.63) is 0 Å². The summed E-state index contributed by atoms with van der Waals surface area (Å²) in [6, 6.07) is 1.25. The highest BCUT2D eigenvalue weighted by atomic mass is 127. The van der Waals surface area contributed by atoms with E-state index in [0.29, 0.717) is 6.04 Å². The lowest BCUT2D eigenvalue weighted by atomic mass is 9.89. The van der Waals surface area contributed by atoms with Crippen LogP contribution in [0.3, 0.4) is 0 Å². The van der Waals surface area contributed by atoms with Crippen molar-refractivity contribution in [3.63, 3.8) is 0 Å². The Labute approximate surface area is 160 Å². The summed E-state index contributed by atoms with van der Waals surface area (Å²) < 4.78 is 5.59. The Hall–Kier alpha value is -0.0800. The van der Waals surface area contributed by atoms with Gasteiger partial charge in [-0.3, -0.25) is 9.89 Å². The lowest BCUT2D eigenvalue weighted by molar-refractivity contribution is 0.0205. The summed E-state index contributed by atoms with van der Waals surface area (Å²) in [5.41, 5.74) is 0.110. The first kappa shape index (κ1) is 22.9. The molecule has 0 aromatic heterocycles. The molecular weight excluding hydrogens is 403 g/mol. The summed E-state index contributed by atoms with van der Waals surface area (Å²) in [6.07, 6.45) is 2.83. The van der Waals surface area contributed by atoms with Crippen LogP contribution in [-0.2, 0) is 4.74 Å². The van der Waals surface area contributed by atoms with Crippen molar-refractivity contribution in [1.29, 1.82) is 0 Å². The highest BCUT2D eigenvalue weighted by Gasteiger charge is 2.29. The predicted molar refractivity (Wildman–Crippen MR) is 110 cm³/mol. The smallest absolute Gasteiger partial charge is 0.191 e. The Kier molecular flexibility index (Phi) is 10.7. The van der Waals surface area contributed by atoms with Gasteiger partial charge in [-0.1, -0.05) is 20.8 Å². The fourth-order valence-electron chi connectivity index (χ4n) is 2.47. The second-order valence-electron chi connectivity index (χ2n) is 7.44. The normalized spacial score (nSPS) is 18.3. The van der Waals surface area contributed by atoms with Crippen molar-refractivity contribution in [1.82, 2.24) is 15.5 Å². The number of aliphatic imine (C=N–C) groups is 1. The van der Waals surface area contributed by atoms with Gasteiger partial charge in [-0.05, 0) is 39.2 Å². The molecule has 0 spiro atoms. The number of halogens is 1. The van der Waals surface area contributed by atoms with Crippen molar-refractivity contribution in [2.75, 3.05) is 33.8 Å². The maximum atomic E-state index is 5.59. The molecule has 2 atom stereocenters. The second-order valence-corrected chi connectivity index (χ2v) is 7.44. The average Bonchev–Trinajstić information content (AvgIpc) is 3.27. The van der Waals surface area contributed by atoms with E-state index in [1.807, 2.05) is 0 Å². The van der Waals surface area contributed by atoms with E-state index in [9.17, 15) is 0 Å². The van der Waals surface area contributed by atoms with E-state index in [4.69, 9.17) is 9.73 Å². The molecule has 0 aromatic carbocycles. The van der Waals surface area contributed by atoms with Crippen molar-refractivity contribution in [3.8, 4) is 0 Å². The van der Waals surface area contributed by atoms with E-state index in [-0.39, 0.29) is 35.5 Å². The first-order valence-electron chi connectivity index (χ1n) is 8.56. The molecule has 0 radical (unpaired) electrons. The summed E-state index contributed by atoms with van der Waals surface area (Å²) in [6.45, 7) is 13.4. The van der Waals surface area contributed by atoms with Crippen molar-refractivity contribution >= 4 is 29.9 Å². The van der Waals surface area contributed by atoms with Gasteiger partial charge in [-0.2, -0.15) is 0 Å². The van der Waals surface area contributed by atoms with Gasteiger partial charge in [0.1, 0.15) is 0 Å². The maximum absolute atomic E-state index is 5.59. The van der Waals surface area contributed by atoms with E-state index >= 15 is 0 Å². The van der Waals surface area contributed by atoms with Gasteiger partial charge in [-0.15, -0.1) is 24.0 Å². The molecule has 23 heavy (non-hydrogen) atoms. The van der Waals surface area contributed by atoms with Crippen LogP contribution in [0.1, 0.15) is 47.5 Å². The Bertz CT molecular complexity index is 353. The SMILES string of the molecule is CCNC(=NCC(C)N(C)C1CC1)NCC(OC)C(C)(C)C.I. The Morgan fingerprint density at radius 1 is 1.30 bits per heavy atom. The molecular formula is C17H37IN4O. The summed E-state index contributed by atoms with van der Waals surface area (Å²) in [5, 5.41) is 6.73. The van der Waals surface area contributed by atoms with Crippen molar-refractivity contribution in [2.24, 2.45) is 10.4 Å². The molecule has 5 nitrogen and oxygen atoms in total. The molecule has 1 aliphatic carbocycles. The molecule has 1 aliphatic rings. The number of guanidine groups is 1. The van der Waals surface area contributed by atoms with Gasteiger partial charge in [0, 0.05) is 32.3 Å². The number of likely N-dealkylation sites (N-methyl/N-ethyl adjacent to an activating group) is 1. The van der Waals surface area contributed by atoms with Crippen LogP contribution in [0.15, 0.2) is 4.99 Å². The van der Waals surface area contributed by atoms with Crippen LogP contribution in [0, 0.1) is 5.41 Å². The van der Waals surface area contributed by atoms with Crippen LogP contribution < -0.4 is 10.6 Å². The predicted octanol–water partition coefficient (Wildman–Crippen LogP) is 2.70. The number of nitrogens with one attached hydrogen (secondary N) is 2. The minimum Gasteiger partial charge on any atom is -0.379 e. The zero-order valence-electron chi connectivity index (χ0n) is 16.0. The van der Waals surface area contributed by atoms with Crippen LogP contribution in [0.25, 0.3) is 0 Å². The molecule has 138 valence electrons. The van der Waals surface area contributed by atoms with E-state index in [0.717, 1.165) is 31.6 Å². The largest absolute Gasteiger partial charge is 0.379 e. The van der Waals surface area contributed by atoms with Crippen LogP contribution in [0.2, 0.25) is 0 Å². The van der Waals surface area contributed by atoms with E-state index in [1.165, 1.54) is 12.8 Å². The molecule has 0 saturated heterocycles. The minimum atomic E-state index is 0. The molecule has 0 aliphatic heterocycles. The van der Waals surface area contributed by atoms with Gasteiger partial charge in [0.05, 0.1) is 12.6 Å². The van der Waals surface area contributed by atoms with Gasteiger partial charge in [0.2, 0.25) is 0 Å². The maximum Gasteiger partial charge on any atom is 0.191 e. The standard InChI is InChI=1S/C17H36N4O.HI/c1-8-18-16(20-12-15(22-7)17(3,4)5)19-11-13(2)21(6)14-9-10-14;/h13-15H,8-12H2,1-7H3,(H2,18,19,20);1H. The third-order valence-corrected chi connectivity index (χ3v) is 4.38. The molecule has 6 heteroatoms. The van der Waals surface area contributed by atoms with E-state index in [1.54, 1.807) is 7.11 Å². The zero-order chi connectivity index (χ0) is 16.8. The number of nitrogens with zero attached hydrogens (tertiary/aromatic N) is 2. The van der Waals surface area contributed by atoms with Crippen LogP contribution in [0.4, 0.5) is 0 Å². The summed E-state index contributed by atoms with van der Waals surface area (Å²) in [5.74, 6) is 0.879. The molecule has 0 amide bonds. The summed E-state index contributed by atoms with van der Waals surface area (Å²) in [4.78, 5) is 7.17. The van der Waals surface area contributed by atoms with Crippen LogP contribution in [-0.4, -0.2) is 62.8 Å². The molecule has 2 unspecified atom stereocenters. The number of hydrogen-bond donors (Lipinski definition) is 2. The van der Waals surface area contributed by atoms with Crippen LogP contribution >= 0.6 is 24.0 Å². The van der Waals surface area contributed by atoms with Crippen molar-refractivity contribution < 1.29 is 4.74 Å². The minimum absolute atomic E-state index is 0. The fraction of sp³-hybridized carbons (Fsp3) is 0.941. The molecule has 2 N–H and O–H groups in total. The Morgan fingerprint density at radius 3 is 2.35 bits per heavy atom. The van der Waals surface area contributed by atoms with Gasteiger partial charge >= 0.3 is 0 Å². The third-order valence-electron chi connectivity index (χ3n) is 4.38. The van der Waals surface area contributed by atoms with Gasteiger partial charge < -0.3 is 15.4 Å². The molecule has 0 bridgehead atoms. The Morgan fingerprint density at radius 2 is 1.91 bits per heavy atom. The van der Waals surface area contributed by atoms with Gasteiger partial charge in [-0.25, -0.2) is 0 Å². The first-order chi connectivity index (χ1) is 10.3. The summed E-state index contributed by atoms with van der Waals surface area (Å²) >= 11 is 0. The summed E-state index contributed by atoms with van der Waals surface area (Å²) in [7, 11) is 3.98. The number of hydrogen-bond acceptors (Lipinski definition) is 3. The molecule has 0 aromatic rings. The number of methoxy groups -OCH3 is 1. The van der Waals surface area contributed by atoms with E-state index < -0.39 is 0 Å². The number of ether oxygens (including phenoxy) is 1. The second kappa shape index (κ2) is 10.7. The molecule has 0 heterocycles. The Balaban J connectivity index is 0.00000484. The molecule has 1 rings (SSSR count). The zero-order valence-corrected chi connectivity index (χ0v) is 18.3. The lowest BCUT2D eigenvalue weighted by Gasteiger charge is -2.30. The van der Waals surface area contributed by atoms with E-state index in [2.05, 4.69) is 57.2 Å². The van der Waals surface area contributed by atoms with Crippen molar-refractivity contribution in [2.45, 2.75) is 65.6 Å². The monoisotopic (exact) mass is 440 g/mol. The average molecular weight is 440 g/mol. The lowest BCUT2D eigenvalue weighted by Crippen LogP contribution is -2.46. The van der Waals surface area contributed by atoms with Gasteiger partial charge in [0.25, 0.3) is 0 Å². The third kappa shape index (κ3) is 8.54. The van der Waals surface area contributed by atoms with Gasteiger partial charge in [0.15, 0.2) is 5.96 Å². The highest BCUT2D eigenvalue weighted by molar-refractivity contribution is 14.0. The quantitative estimate of drug-likeness (QED) is 0.346. The first-order valence-corrected chi connectivity index (χ1v) is 8.56. The van der Waals surface area contributed by atoms with Crippen LogP contribution in [0.5, 0.6) is 0 Å². The highest BCUT2D eigenvalue weighted by Crippen LogP contribution is 2.26. The fourth-order valence-corrected chi connectivity index (χ4v) is 2.47.